The minimum absolute atomic E-state index is 0.256. The number of fused-ring (bicyclic) bond motifs is 1. The van der Waals surface area contributed by atoms with Crippen LogP contribution in [0.15, 0.2) is 37.2 Å². The summed E-state index contributed by atoms with van der Waals surface area (Å²) in [5.41, 5.74) is 4.62. The molecule has 0 bridgehead atoms. The largest absolute Gasteiger partial charge is 0.369 e. The van der Waals surface area contributed by atoms with Gasteiger partial charge in [-0.15, -0.1) is 0 Å². The summed E-state index contributed by atoms with van der Waals surface area (Å²) in [6.45, 7) is 11.7. The van der Waals surface area contributed by atoms with Crippen LogP contribution in [0.2, 0.25) is 25.7 Å². The summed E-state index contributed by atoms with van der Waals surface area (Å²) in [6, 6.07) is 3.33. The highest BCUT2D eigenvalue weighted by molar-refractivity contribution is 6.76. The Hall–Kier alpha value is -2.29. The van der Waals surface area contributed by atoms with E-state index in [9.17, 15) is 0 Å². The Morgan fingerprint density at radius 3 is 2.76 bits per heavy atom. The van der Waals surface area contributed by atoms with Crippen LogP contribution in [-0.2, 0) is 11.5 Å². The highest BCUT2D eigenvalue weighted by Crippen LogP contribution is 2.40. The van der Waals surface area contributed by atoms with E-state index in [1.165, 1.54) is 36.8 Å². The van der Waals surface area contributed by atoms with E-state index in [0.29, 0.717) is 6.73 Å². The minimum atomic E-state index is -1.12. The molecule has 1 spiro atoms. The van der Waals surface area contributed by atoms with Crippen LogP contribution in [0.1, 0.15) is 25.7 Å². The fourth-order valence-electron chi connectivity index (χ4n) is 5.22. The van der Waals surface area contributed by atoms with Crippen molar-refractivity contribution in [2.45, 2.75) is 63.6 Å². The summed E-state index contributed by atoms with van der Waals surface area (Å²) in [5, 5.41) is 5.02. The average molecular weight is 465 g/mol. The SMILES string of the molecule is C[Si](C)(C)CCOCn1cc(-c2cncnc2)c2c(N3CC[C@]4(CCCCN4)C3)ccnc21. The molecule has 3 aromatic rings. The first-order valence-corrected chi connectivity index (χ1v) is 16.0. The summed E-state index contributed by atoms with van der Waals surface area (Å²) in [7, 11) is -1.12. The molecule has 1 atom stereocenters. The number of aromatic nitrogens is 4. The van der Waals surface area contributed by atoms with Gasteiger partial charge in [-0.2, -0.15) is 0 Å². The van der Waals surface area contributed by atoms with Crippen LogP contribution in [0, 0.1) is 0 Å². The van der Waals surface area contributed by atoms with Crippen LogP contribution >= 0.6 is 0 Å². The number of ether oxygens (including phenoxy) is 1. The number of nitrogens with one attached hydrogen (secondary N) is 1. The average Bonchev–Trinajstić information content (AvgIpc) is 3.39. The maximum Gasteiger partial charge on any atom is 0.144 e. The molecule has 5 heterocycles. The molecule has 2 aliphatic rings. The molecule has 5 rings (SSSR count). The topological polar surface area (TPSA) is 68.1 Å². The Balaban J connectivity index is 1.49. The number of pyridine rings is 1. The van der Waals surface area contributed by atoms with Crippen LogP contribution in [-0.4, -0.2) is 59.4 Å². The number of rotatable bonds is 7. The van der Waals surface area contributed by atoms with Crippen LogP contribution in [0.5, 0.6) is 0 Å². The molecule has 3 aromatic heterocycles. The number of anilines is 1. The van der Waals surface area contributed by atoms with Crippen molar-refractivity contribution in [1.82, 2.24) is 24.8 Å². The van der Waals surface area contributed by atoms with Gasteiger partial charge in [-0.3, -0.25) is 0 Å². The van der Waals surface area contributed by atoms with Gasteiger partial charge in [0.15, 0.2) is 0 Å². The Labute approximate surface area is 197 Å². The van der Waals surface area contributed by atoms with E-state index in [0.717, 1.165) is 49.1 Å². The first-order chi connectivity index (χ1) is 15.9. The molecule has 2 saturated heterocycles. The van der Waals surface area contributed by atoms with Crippen molar-refractivity contribution >= 4 is 24.8 Å². The van der Waals surface area contributed by atoms with Gasteiger partial charge in [0, 0.05) is 74.9 Å². The zero-order valence-corrected chi connectivity index (χ0v) is 21.2. The lowest BCUT2D eigenvalue weighted by molar-refractivity contribution is 0.0899. The second kappa shape index (κ2) is 9.16. The molecule has 0 radical (unpaired) electrons. The maximum absolute atomic E-state index is 6.11. The van der Waals surface area contributed by atoms with Crippen molar-refractivity contribution in [3.05, 3.63) is 37.2 Å². The van der Waals surface area contributed by atoms with Crippen molar-refractivity contribution in [2.75, 3.05) is 31.1 Å². The number of hydrogen-bond donors (Lipinski definition) is 1. The molecule has 8 heteroatoms. The van der Waals surface area contributed by atoms with Gasteiger partial charge in [0.25, 0.3) is 0 Å². The van der Waals surface area contributed by atoms with Crippen molar-refractivity contribution < 1.29 is 4.74 Å². The van der Waals surface area contributed by atoms with Gasteiger partial charge in [0.2, 0.25) is 0 Å². The van der Waals surface area contributed by atoms with Crippen LogP contribution in [0.4, 0.5) is 5.69 Å². The first kappa shape index (κ1) is 22.5. The van der Waals surface area contributed by atoms with Crippen molar-refractivity contribution in [3.8, 4) is 11.1 Å². The lowest BCUT2D eigenvalue weighted by atomic mass is 9.88. The summed E-state index contributed by atoms with van der Waals surface area (Å²) >= 11 is 0. The number of piperidine rings is 1. The maximum atomic E-state index is 6.11. The zero-order chi connectivity index (χ0) is 22.9. The fourth-order valence-corrected chi connectivity index (χ4v) is 5.97. The molecular weight excluding hydrogens is 428 g/mol. The Morgan fingerprint density at radius 2 is 2.00 bits per heavy atom. The molecule has 0 aliphatic carbocycles. The molecular formula is C25H36N6OSi. The highest BCUT2D eigenvalue weighted by atomic mass is 28.3. The van der Waals surface area contributed by atoms with E-state index in [-0.39, 0.29) is 5.54 Å². The summed E-state index contributed by atoms with van der Waals surface area (Å²) in [5.74, 6) is 0. The standard InChI is InChI=1S/C25H36N6OSi/c1-33(2,3)13-12-32-19-31-16-21(20-14-26-18-27-15-20)23-22(6-10-28-24(23)31)30-11-8-25(17-30)7-4-5-9-29-25/h6,10,14-16,18,29H,4-5,7-9,11-13,17,19H2,1-3H3/t25-/m1/s1. The van der Waals surface area contributed by atoms with Gasteiger partial charge in [-0.25, -0.2) is 15.0 Å². The van der Waals surface area contributed by atoms with E-state index < -0.39 is 8.07 Å². The summed E-state index contributed by atoms with van der Waals surface area (Å²) in [6.07, 6.45) is 14.6. The monoisotopic (exact) mass is 464 g/mol. The minimum Gasteiger partial charge on any atom is -0.369 e. The molecule has 0 amide bonds. The number of nitrogens with zero attached hydrogens (tertiary/aromatic N) is 5. The van der Waals surface area contributed by atoms with E-state index in [1.54, 1.807) is 6.33 Å². The van der Waals surface area contributed by atoms with Gasteiger partial charge < -0.3 is 19.5 Å². The van der Waals surface area contributed by atoms with Crippen molar-refractivity contribution in [1.29, 1.82) is 0 Å². The van der Waals surface area contributed by atoms with Gasteiger partial charge in [0.1, 0.15) is 18.7 Å². The summed E-state index contributed by atoms with van der Waals surface area (Å²) < 4.78 is 8.26. The molecule has 2 aliphatic heterocycles. The van der Waals surface area contributed by atoms with Crippen molar-refractivity contribution in [3.63, 3.8) is 0 Å². The first-order valence-electron chi connectivity index (χ1n) is 12.3. The van der Waals surface area contributed by atoms with Gasteiger partial charge >= 0.3 is 0 Å². The third-order valence-corrected chi connectivity index (χ3v) is 8.81. The highest BCUT2D eigenvalue weighted by Gasteiger charge is 2.39. The zero-order valence-electron chi connectivity index (χ0n) is 20.2. The predicted molar refractivity (Wildman–Crippen MR) is 136 cm³/mol. The van der Waals surface area contributed by atoms with Crippen LogP contribution in [0.25, 0.3) is 22.2 Å². The van der Waals surface area contributed by atoms with Gasteiger partial charge in [-0.1, -0.05) is 26.1 Å². The smallest absolute Gasteiger partial charge is 0.144 e. The third kappa shape index (κ3) is 4.83. The molecule has 0 aromatic carbocycles. The molecule has 1 N–H and O–H groups in total. The lowest BCUT2D eigenvalue weighted by Crippen LogP contribution is -2.50. The molecule has 33 heavy (non-hydrogen) atoms. The number of hydrogen-bond acceptors (Lipinski definition) is 6. The van der Waals surface area contributed by atoms with Crippen LogP contribution < -0.4 is 10.2 Å². The quantitative estimate of drug-likeness (QED) is 0.409. The van der Waals surface area contributed by atoms with Crippen molar-refractivity contribution in [2.24, 2.45) is 0 Å². The fraction of sp³-hybridized carbons (Fsp3) is 0.560. The lowest BCUT2D eigenvalue weighted by Gasteiger charge is -2.35. The second-order valence-corrected chi connectivity index (χ2v) is 16.5. The molecule has 176 valence electrons. The summed E-state index contributed by atoms with van der Waals surface area (Å²) in [4.78, 5) is 15.9. The van der Waals surface area contributed by atoms with E-state index >= 15 is 0 Å². The molecule has 0 saturated carbocycles. The normalized spacial score (nSPS) is 21.4. The van der Waals surface area contributed by atoms with Crippen LogP contribution in [0.3, 0.4) is 0 Å². The van der Waals surface area contributed by atoms with Gasteiger partial charge in [0.05, 0.1) is 5.39 Å². The van der Waals surface area contributed by atoms with Gasteiger partial charge in [-0.05, 0) is 37.9 Å². The molecule has 7 nitrogen and oxygen atoms in total. The Bertz CT molecular complexity index is 1090. The second-order valence-electron chi connectivity index (χ2n) is 10.9. The molecule has 0 unspecified atom stereocenters. The van der Waals surface area contributed by atoms with E-state index in [4.69, 9.17) is 9.72 Å². The molecule has 2 fully saturated rings. The third-order valence-electron chi connectivity index (χ3n) is 7.11. The van der Waals surface area contributed by atoms with E-state index in [2.05, 4.69) is 56.7 Å². The Morgan fingerprint density at radius 1 is 1.15 bits per heavy atom. The predicted octanol–water partition coefficient (Wildman–Crippen LogP) is 4.53. The Kier molecular flexibility index (Phi) is 6.24. The van der Waals surface area contributed by atoms with E-state index in [1.807, 2.05) is 18.6 Å².